The number of benzene rings is 1. The topological polar surface area (TPSA) is 37.3 Å². The zero-order chi connectivity index (χ0) is 11.8. The molecule has 2 nitrogen and oxygen atoms in total. The Hall–Kier alpha value is -1.28. The molecule has 0 amide bonds. The normalized spacial score (nSPS) is 10.2. The van der Waals surface area contributed by atoms with Crippen molar-refractivity contribution >= 4 is 24.5 Å². The summed E-state index contributed by atoms with van der Waals surface area (Å²) in [5.41, 5.74) is 2.25. The SMILES string of the molecule is CCCCCc1ccc(C=CC(=O)O)cc1.Cl. The van der Waals surface area contributed by atoms with Crippen molar-refractivity contribution in [1.29, 1.82) is 0 Å². The molecule has 0 saturated heterocycles. The Morgan fingerprint density at radius 3 is 2.41 bits per heavy atom. The summed E-state index contributed by atoms with van der Waals surface area (Å²) in [5, 5.41) is 8.49. The summed E-state index contributed by atoms with van der Waals surface area (Å²) in [7, 11) is 0. The van der Waals surface area contributed by atoms with E-state index < -0.39 is 5.97 Å². The van der Waals surface area contributed by atoms with Gasteiger partial charge in [0.25, 0.3) is 0 Å². The minimum atomic E-state index is -0.910. The van der Waals surface area contributed by atoms with Gasteiger partial charge in [-0.05, 0) is 30.0 Å². The number of aliphatic carboxylic acids is 1. The highest BCUT2D eigenvalue weighted by Crippen LogP contribution is 2.09. The maximum atomic E-state index is 10.3. The molecule has 3 heteroatoms. The van der Waals surface area contributed by atoms with E-state index in [4.69, 9.17) is 5.11 Å². The lowest BCUT2D eigenvalue weighted by Crippen LogP contribution is -1.87. The molecule has 94 valence electrons. The second-order valence-electron chi connectivity index (χ2n) is 3.87. The molecule has 1 rings (SSSR count). The summed E-state index contributed by atoms with van der Waals surface area (Å²) in [6.07, 6.45) is 7.60. The van der Waals surface area contributed by atoms with E-state index in [1.165, 1.54) is 24.8 Å². The van der Waals surface area contributed by atoms with E-state index in [9.17, 15) is 4.79 Å². The molecular weight excluding hydrogens is 236 g/mol. The van der Waals surface area contributed by atoms with Crippen molar-refractivity contribution in [2.45, 2.75) is 32.6 Å². The Balaban J connectivity index is 0.00000256. The van der Waals surface area contributed by atoms with Gasteiger partial charge in [-0.25, -0.2) is 4.79 Å². The van der Waals surface area contributed by atoms with Crippen molar-refractivity contribution in [1.82, 2.24) is 0 Å². The number of hydrogen-bond acceptors (Lipinski definition) is 1. The molecule has 0 aliphatic rings. The van der Waals surface area contributed by atoms with Gasteiger partial charge in [0.2, 0.25) is 0 Å². The maximum Gasteiger partial charge on any atom is 0.328 e. The standard InChI is InChI=1S/C14H18O2.ClH/c1-2-3-4-5-12-6-8-13(9-7-12)10-11-14(15)16;/h6-11H,2-5H2,1H3,(H,15,16);1H. The van der Waals surface area contributed by atoms with Gasteiger partial charge in [0.1, 0.15) is 0 Å². The van der Waals surface area contributed by atoms with Crippen LogP contribution in [0.4, 0.5) is 0 Å². The lowest BCUT2D eigenvalue weighted by atomic mass is 10.1. The molecule has 1 aromatic rings. The number of hydrogen-bond donors (Lipinski definition) is 1. The molecule has 0 aromatic heterocycles. The summed E-state index contributed by atoms with van der Waals surface area (Å²) in [6.45, 7) is 2.19. The summed E-state index contributed by atoms with van der Waals surface area (Å²) in [5.74, 6) is -0.910. The first-order chi connectivity index (χ1) is 7.72. The molecule has 1 N–H and O–H groups in total. The average Bonchev–Trinajstić information content (AvgIpc) is 2.28. The lowest BCUT2D eigenvalue weighted by Gasteiger charge is -2.01. The van der Waals surface area contributed by atoms with Gasteiger partial charge < -0.3 is 5.11 Å². The Labute approximate surface area is 109 Å². The Bertz CT molecular complexity index is 355. The fraction of sp³-hybridized carbons (Fsp3) is 0.357. The van der Waals surface area contributed by atoms with Crippen LogP contribution in [0.15, 0.2) is 30.3 Å². The molecule has 0 fully saturated rings. The van der Waals surface area contributed by atoms with E-state index in [2.05, 4.69) is 19.1 Å². The molecule has 0 bridgehead atoms. The number of carboxylic acids is 1. The van der Waals surface area contributed by atoms with E-state index in [0.717, 1.165) is 18.1 Å². The number of carbonyl (C=O) groups is 1. The predicted molar refractivity (Wildman–Crippen MR) is 73.6 cm³/mol. The molecule has 0 unspecified atom stereocenters. The molecule has 1 aromatic carbocycles. The Morgan fingerprint density at radius 2 is 1.88 bits per heavy atom. The van der Waals surface area contributed by atoms with Gasteiger partial charge in [0, 0.05) is 6.08 Å². The predicted octanol–water partition coefficient (Wildman–Crippen LogP) is 3.94. The lowest BCUT2D eigenvalue weighted by molar-refractivity contribution is -0.131. The zero-order valence-electron chi connectivity index (χ0n) is 10.1. The first-order valence-electron chi connectivity index (χ1n) is 5.72. The summed E-state index contributed by atoms with van der Waals surface area (Å²) >= 11 is 0. The minimum Gasteiger partial charge on any atom is -0.478 e. The minimum absolute atomic E-state index is 0. The number of aryl methyl sites for hydroxylation is 1. The van der Waals surface area contributed by atoms with Crippen LogP contribution >= 0.6 is 12.4 Å². The number of unbranched alkanes of at least 4 members (excludes halogenated alkanes) is 2. The van der Waals surface area contributed by atoms with Crippen molar-refractivity contribution in [3.63, 3.8) is 0 Å². The van der Waals surface area contributed by atoms with Crippen LogP contribution in [0, 0.1) is 0 Å². The number of carboxylic acid groups (broad SMARTS) is 1. The fourth-order valence-corrected chi connectivity index (χ4v) is 1.54. The van der Waals surface area contributed by atoms with Crippen molar-refractivity contribution in [2.75, 3.05) is 0 Å². The molecule has 0 radical (unpaired) electrons. The van der Waals surface area contributed by atoms with E-state index in [-0.39, 0.29) is 12.4 Å². The molecule has 0 spiro atoms. The number of halogens is 1. The largest absolute Gasteiger partial charge is 0.478 e. The molecule has 0 aliphatic heterocycles. The maximum absolute atomic E-state index is 10.3. The monoisotopic (exact) mass is 254 g/mol. The second kappa shape index (κ2) is 8.82. The van der Waals surface area contributed by atoms with Crippen molar-refractivity contribution in [3.05, 3.63) is 41.5 Å². The smallest absolute Gasteiger partial charge is 0.328 e. The van der Waals surface area contributed by atoms with Gasteiger partial charge >= 0.3 is 5.97 Å². The third kappa shape index (κ3) is 6.80. The van der Waals surface area contributed by atoms with Crippen LogP contribution in [0.3, 0.4) is 0 Å². The summed E-state index contributed by atoms with van der Waals surface area (Å²) < 4.78 is 0. The summed E-state index contributed by atoms with van der Waals surface area (Å²) in [6, 6.07) is 8.05. The first kappa shape index (κ1) is 15.7. The zero-order valence-corrected chi connectivity index (χ0v) is 10.9. The van der Waals surface area contributed by atoms with E-state index >= 15 is 0 Å². The third-order valence-electron chi connectivity index (χ3n) is 2.47. The van der Waals surface area contributed by atoms with Gasteiger partial charge in [-0.3, -0.25) is 0 Å². The van der Waals surface area contributed by atoms with Crippen molar-refractivity contribution in [3.8, 4) is 0 Å². The van der Waals surface area contributed by atoms with Gasteiger partial charge in [0.05, 0.1) is 0 Å². The molecular formula is C14H19ClO2. The van der Waals surface area contributed by atoms with E-state index in [1.807, 2.05) is 12.1 Å². The molecule has 0 atom stereocenters. The molecule has 0 aliphatic carbocycles. The van der Waals surface area contributed by atoms with Crippen LogP contribution in [0.1, 0.15) is 37.3 Å². The van der Waals surface area contributed by atoms with Gasteiger partial charge in [-0.2, -0.15) is 0 Å². The summed E-state index contributed by atoms with van der Waals surface area (Å²) in [4.78, 5) is 10.3. The van der Waals surface area contributed by atoms with Crippen LogP contribution in [-0.4, -0.2) is 11.1 Å². The van der Waals surface area contributed by atoms with Crippen LogP contribution in [0.5, 0.6) is 0 Å². The van der Waals surface area contributed by atoms with Crippen LogP contribution < -0.4 is 0 Å². The van der Waals surface area contributed by atoms with Crippen LogP contribution in [-0.2, 0) is 11.2 Å². The molecule has 0 heterocycles. The first-order valence-corrected chi connectivity index (χ1v) is 5.72. The average molecular weight is 255 g/mol. The van der Waals surface area contributed by atoms with Crippen LogP contribution in [0.2, 0.25) is 0 Å². The molecule has 0 saturated carbocycles. The van der Waals surface area contributed by atoms with Crippen molar-refractivity contribution in [2.24, 2.45) is 0 Å². The highest BCUT2D eigenvalue weighted by Gasteiger charge is 1.93. The van der Waals surface area contributed by atoms with Gasteiger partial charge in [-0.1, -0.05) is 44.0 Å². The quantitative estimate of drug-likeness (QED) is 0.617. The van der Waals surface area contributed by atoms with Crippen molar-refractivity contribution < 1.29 is 9.90 Å². The van der Waals surface area contributed by atoms with Gasteiger partial charge in [0.15, 0.2) is 0 Å². The Morgan fingerprint density at radius 1 is 1.24 bits per heavy atom. The molecule has 17 heavy (non-hydrogen) atoms. The highest BCUT2D eigenvalue weighted by atomic mass is 35.5. The van der Waals surface area contributed by atoms with E-state index in [0.29, 0.717) is 0 Å². The second-order valence-corrected chi connectivity index (χ2v) is 3.87. The van der Waals surface area contributed by atoms with Crippen LogP contribution in [0.25, 0.3) is 6.08 Å². The Kier molecular flexibility index (Phi) is 8.16. The number of rotatable bonds is 6. The fourth-order valence-electron chi connectivity index (χ4n) is 1.54. The van der Waals surface area contributed by atoms with Gasteiger partial charge in [-0.15, -0.1) is 12.4 Å². The third-order valence-corrected chi connectivity index (χ3v) is 2.47. The van der Waals surface area contributed by atoms with E-state index in [1.54, 1.807) is 6.08 Å². The highest BCUT2D eigenvalue weighted by molar-refractivity contribution is 5.85.